The van der Waals surface area contributed by atoms with Gasteiger partial charge in [0.15, 0.2) is 11.5 Å². The minimum Gasteiger partial charge on any atom is -0.485 e. The topological polar surface area (TPSA) is 42.9 Å². The van der Waals surface area contributed by atoms with Crippen molar-refractivity contribution >= 4 is 11.9 Å². The number of anilines is 1. The summed E-state index contributed by atoms with van der Waals surface area (Å²) in [7, 11) is 0. The molecule has 0 saturated heterocycles. The molecular formula is C28H26N2O2. The van der Waals surface area contributed by atoms with Crippen molar-refractivity contribution in [3.63, 3.8) is 0 Å². The van der Waals surface area contributed by atoms with Gasteiger partial charge in [0.25, 0.3) is 0 Å². The molecule has 0 radical (unpaired) electrons. The van der Waals surface area contributed by atoms with Gasteiger partial charge in [0.1, 0.15) is 13.2 Å². The van der Waals surface area contributed by atoms with Crippen LogP contribution in [0, 0.1) is 6.92 Å². The average molecular weight is 423 g/mol. The molecule has 0 atom stereocenters. The summed E-state index contributed by atoms with van der Waals surface area (Å²) in [5, 5.41) is 4.35. The van der Waals surface area contributed by atoms with Crippen LogP contribution < -0.4 is 14.9 Å². The van der Waals surface area contributed by atoms with Crippen LogP contribution in [-0.4, -0.2) is 6.21 Å². The smallest absolute Gasteiger partial charge is 0.162 e. The van der Waals surface area contributed by atoms with Gasteiger partial charge in [-0.05, 0) is 53.9 Å². The zero-order valence-electron chi connectivity index (χ0n) is 18.1. The van der Waals surface area contributed by atoms with Crippen LogP contribution in [0.25, 0.3) is 0 Å². The Labute approximate surface area is 189 Å². The SMILES string of the molecule is Cc1ccc(N/N=C/c2ccc(OCc3ccccc3)c(OCc3ccccc3)c2)cc1. The molecule has 32 heavy (non-hydrogen) atoms. The number of aryl methyl sites for hydroxylation is 1. The van der Waals surface area contributed by atoms with Crippen molar-refractivity contribution in [1.82, 2.24) is 0 Å². The van der Waals surface area contributed by atoms with Crippen molar-refractivity contribution in [3.8, 4) is 11.5 Å². The lowest BCUT2D eigenvalue weighted by Gasteiger charge is -2.14. The first-order chi connectivity index (χ1) is 15.8. The maximum Gasteiger partial charge on any atom is 0.162 e. The van der Waals surface area contributed by atoms with Gasteiger partial charge in [-0.25, -0.2) is 0 Å². The van der Waals surface area contributed by atoms with E-state index in [2.05, 4.69) is 17.5 Å². The summed E-state index contributed by atoms with van der Waals surface area (Å²) in [5.74, 6) is 1.39. The third-order valence-electron chi connectivity index (χ3n) is 4.90. The summed E-state index contributed by atoms with van der Waals surface area (Å²) in [5.41, 5.74) is 8.33. The van der Waals surface area contributed by atoms with Gasteiger partial charge in [0, 0.05) is 0 Å². The quantitative estimate of drug-likeness (QED) is 0.244. The lowest BCUT2D eigenvalue weighted by Crippen LogP contribution is -2.01. The van der Waals surface area contributed by atoms with Crippen molar-refractivity contribution in [2.45, 2.75) is 20.1 Å². The van der Waals surface area contributed by atoms with E-state index in [4.69, 9.17) is 9.47 Å². The second kappa shape index (κ2) is 10.8. The summed E-state index contributed by atoms with van der Waals surface area (Å²) in [6.07, 6.45) is 1.77. The highest BCUT2D eigenvalue weighted by atomic mass is 16.5. The van der Waals surface area contributed by atoms with Crippen LogP contribution in [0.3, 0.4) is 0 Å². The van der Waals surface area contributed by atoms with E-state index in [0.717, 1.165) is 22.4 Å². The fourth-order valence-corrected chi connectivity index (χ4v) is 3.12. The number of ether oxygens (including phenoxy) is 2. The van der Waals surface area contributed by atoms with Crippen LogP contribution >= 0.6 is 0 Å². The minimum atomic E-state index is 0.463. The second-order valence-corrected chi connectivity index (χ2v) is 7.49. The first kappa shape index (κ1) is 21.2. The summed E-state index contributed by atoms with van der Waals surface area (Å²) in [6, 6.07) is 34.1. The first-order valence-electron chi connectivity index (χ1n) is 10.6. The van der Waals surface area contributed by atoms with Crippen molar-refractivity contribution in [3.05, 3.63) is 125 Å². The summed E-state index contributed by atoms with van der Waals surface area (Å²) >= 11 is 0. The molecule has 0 aliphatic rings. The highest BCUT2D eigenvalue weighted by Crippen LogP contribution is 2.29. The standard InChI is InChI=1S/C28H26N2O2/c1-22-12-15-26(16-13-22)30-29-19-25-14-17-27(31-20-23-8-4-2-5-9-23)28(18-25)32-21-24-10-6-3-7-11-24/h2-19,30H,20-21H2,1H3/b29-19+. The van der Waals surface area contributed by atoms with Gasteiger partial charge in [-0.15, -0.1) is 0 Å². The fraction of sp³-hybridized carbons (Fsp3) is 0.107. The molecule has 160 valence electrons. The maximum absolute atomic E-state index is 6.12. The molecule has 0 amide bonds. The average Bonchev–Trinajstić information content (AvgIpc) is 2.84. The molecule has 4 heteroatoms. The van der Waals surface area contributed by atoms with Crippen molar-refractivity contribution in [2.75, 3.05) is 5.43 Å². The molecule has 4 aromatic rings. The number of hydrogen-bond donors (Lipinski definition) is 1. The molecule has 0 aliphatic carbocycles. The van der Waals surface area contributed by atoms with Gasteiger partial charge in [-0.3, -0.25) is 5.43 Å². The van der Waals surface area contributed by atoms with E-state index in [0.29, 0.717) is 24.7 Å². The third-order valence-corrected chi connectivity index (χ3v) is 4.90. The molecule has 0 fully saturated rings. The molecule has 4 aromatic carbocycles. The van der Waals surface area contributed by atoms with Crippen LogP contribution in [0.1, 0.15) is 22.3 Å². The zero-order valence-corrected chi connectivity index (χ0v) is 18.1. The summed E-state index contributed by atoms with van der Waals surface area (Å²) in [4.78, 5) is 0. The third kappa shape index (κ3) is 6.22. The molecule has 0 heterocycles. The van der Waals surface area contributed by atoms with E-state index < -0.39 is 0 Å². The maximum atomic E-state index is 6.12. The van der Waals surface area contributed by atoms with E-state index in [9.17, 15) is 0 Å². The molecule has 4 nitrogen and oxygen atoms in total. The Morgan fingerprint density at radius 3 is 1.91 bits per heavy atom. The van der Waals surface area contributed by atoms with Crippen LogP contribution in [0.5, 0.6) is 11.5 Å². The zero-order chi connectivity index (χ0) is 22.0. The van der Waals surface area contributed by atoms with Crippen LogP contribution in [0.15, 0.2) is 108 Å². The number of hydrogen-bond acceptors (Lipinski definition) is 4. The molecular weight excluding hydrogens is 396 g/mol. The molecule has 0 unspecified atom stereocenters. The lowest BCUT2D eigenvalue weighted by molar-refractivity contribution is 0.256. The normalized spacial score (nSPS) is 10.8. The molecule has 0 bridgehead atoms. The molecule has 0 spiro atoms. The Hall–Kier alpha value is -4.05. The molecule has 0 aliphatic heterocycles. The van der Waals surface area contributed by atoms with E-state index >= 15 is 0 Å². The van der Waals surface area contributed by atoms with Crippen molar-refractivity contribution in [1.29, 1.82) is 0 Å². The second-order valence-electron chi connectivity index (χ2n) is 7.49. The Balaban J connectivity index is 1.48. The number of nitrogens with one attached hydrogen (secondary N) is 1. The molecule has 0 saturated carbocycles. The molecule has 4 rings (SSSR count). The van der Waals surface area contributed by atoms with Gasteiger partial charge >= 0.3 is 0 Å². The predicted molar refractivity (Wildman–Crippen MR) is 130 cm³/mol. The minimum absolute atomic E-state index is 0.463. The summed E-state index contributed by atoms with van der Waals surface area (Å²) in [6.45, 7) is 3.00. The predicted octanol–water partition coefficient (Wildman–Crippen LogP) is 6.60. The Morgan fingerprint density at radius 2 is 1.28 bits per heavy atom. The number of rotatable bonds is 9. The Bertz CT molecular complexity index is 1140. The van der Waals surface area contributed by atoms with Gasteiger partial charge in [0.05, 0.1) is 11.9 Å². The van der Waals surface area contributed by atoms with E-state index in [1.54, 1.807) is 6.21 Å². The van der Waals surface area contributed by atoms with Crippen LogP contribution in [0.4, 0.5) is 5.69 Å². The lowest BCUT2D eigenvalue weighted by atomic mass is 10.2. The fourth-order valence-electron chi connectivity index (χ4n) is 3.12. The van der Waals surface area contributed by atoms with E-state index in [-0.39, 0.29) is 0 Å². The number of nitrogens with zero attached hydrogens (tertiary/aromatic N) is 1. The van der Waals surface area contributed by atoms with E-state index in [1.165, 1.54) is 5.56 Å². The number of hydrazone groups is 1. The largest absolute Gasteiger partial charge is 0.485 e. The molecule has 0 aromatic heterocycles. The number of benzene rings is 4. The summed E-state index contributed by atoms with van der Waals surface area (Å²) < 4.78 is 12.2. The highest BCUT2D eigenvalue weighted by molar-refractivity contribution is 5.81. The van der Waals surface area contributed by atoms with Gasteiger partial charge in [0.2, 0.25) is 0 Å². The highest BCUT2D eigenvalue weighted by Gasteiger charge is 2.08. The van der Waals surface area contributed by atoms with Gasteiger partial charge < -0.3 is 9.47 Å². The van der Waals surface area contributed by atoms with Crippen LogP contribution in [-0.2, 0) is 13.2 Å². The van der Waals surface area contributed by atoms with Crippen molar-refractivity contribution < 1.29 is 9.47 Å². The first-order valence-corrected chi connectivity index (χ1v) is 10.6. The van der Waals surface area contributed by atoms with Gasteiger partial charge in [-0.2, -0.15) is 5.10 Å². The van der Waals surface area contributed by atoms with Crippen LogP contribution in [0.2, 0.25) is 0 Å². The Kier molecular flexibility index (Phi) is 7.17. The molecule has 1 N–H and O–H groups in total. The van der Waals surface area contributed by atoms with Gasteiger partial charge in [-0.1, -0.05) is 78.4 Å². The Morgan fingerprint density at radius 1 is 0.688 bits per heavy atom. The monoisotopic (exact) mass is 422 g/mol. The van der Waals surface area contributed by atoms with Crippen molar-refractivity contribution in [2.24, 2.45) is 5.10 Å². The van der Waals surface area contributed by atoms with E-state index in [1.807, 2.05) is 103 Å².